The van der Waals surface area contributed by atoms with Crippen molar-refractivity contribution in [3.63, 3.8) is 0 Å². The first-order chi connectivity index (χ1) is 7.85. The highest BCUT2D eigenvalue weighted by molar-refractivity contribution is 5.31. The monoisotopic (exact) mass is 218 g/mol. The Balaban J connectivity index is 2.24. The molecule has 84 valence electrons. The van der Waals surface area contributed by atoms with Gasteiger partial charge in [0, 0.05) is 25.1 Å². The third-order valence-electron chi connectivity index (χ3n) is 2.62. The summed E-state index contributed by atoms with van der Waals surface area (Å²) in [6.07, 6.45) is 2.41. The van der Waals surface area contributed by atoms with Crippen LogP contribution in [0, 0.1) is 11.3 Å². The summed E-state index contributed by atoms with van der Waals surface area (Å²) in [5, 5.41) is 8.68. The lowest BCUT2D eigenvalue weighted by molar-refractivity contribution is 0.262. The minimum atomic E-state index is 0.444. The van der Waals surface area contributed by atoms with Crippen molar-refractivity contribution < 1.29 is 4.74 Å². The molecule has 0 saturated carbocycles. The van der Waals surface area contributed by atoms with E-state index in [9.17, 15) is 0 Å². The van der Waals surface area contributed by atoms with E-state index in [2.05, 4.69) is 20.9 Å². The number of rotatable bonds is 3. The number of aromatic nitrogens is 2. The molecule has 16 heavy (non-hydrogen) atoms. The smallest absolute Gasteiger partial charge is 0.221 e. The van der Waals surface area contributed by atoms with Crippen molar-refractivity contribution in [1.29, 1.82) is 5.26 Å². The van der Waals surface area contributed by atoms with Gasteiger partial charge in [0.1, 0.15) is 6.33 Å². The number of nitriles is 1. The zero-order valence-corrected chi connectivity index (χ0v) is 9.31. The maximum atomic E-state index is 8.68. The van der Waals surface area contributed by atoms with Gasteiger partial charge in [-0.2, -0.15) is 5.26 Å². The molecule has 0 aromatic carbocycles. The second kappa shape index (κ2) is 4.90. The third-order valence-corrected chi connectivity index (χ3v) is 2.62. The zero-order valence-electron chi connectivity index (χ0n) is 9.31. The van der Waals surface area contributed by atoms with Crippen LogP contribution < -0.4 is 4.74 Å². The Hall–Kier alpha value is -1.67. The molecule has 5 heteroatoms. The lowest BCUT2D eigenvalue weighted by Gasteiger charge is -2.26. The van der Waals surface area contributed by atoms with Gasteiger partial charge in [0.15, 0.2) is 0 Å². The van der Waals surface area contributed by atoms with E-state index in [1.165, 1.54) is 0 Å². The fraction of sp³-hybridized carbons (Fsp3) is 0.545. The van der Waals surface area contributed by atoms with Gasteiger partial charge in [-0.25, -0.2) is 9.97 Å². The van der Waals surface area contributed by atoms with Crippen LogP contribution in [-0.2, 0) is 13.0 Å². The predicted octanol–water partition coefficient (Wildman–Crippen LogP) is 0.757. The van der Waals surface area contributed by atoms with Crippen molar-refractivity contribution >= 4 is 0 Å². The molecule has 2 heterocycles. The maximum Gasteiger partial charge on any atom is 0.221 e. The number of hydrogen-bond donors (Lipinski definition) is 0. The first kappa shape index (κ1) is 10.8. The molecule has 0 bridgehead atoms. The Morgan fingerprint density at radius 3 is 3.19 bits per heavy atom. The molecule has 0 saturated heterocycles. The summed E-state index contributed by atoms with van der Waals surface area (Å²) < 4.78 is 5.47. The van der Waals surface area contributed by atoms with Crippen LogP contribution in [0.15, 0.2) is 6.33 Å². The van der Waals surface area contributed by atoms with Gasteiger partial charge in [0.2, 0.25) is 5.88 Å². The van der Waals surface area contributed by atoms with Crippen LogP contribution in [0.1, 0.15) is 18.2 Å². The van der Waals surface area contributed by atoms with Crippen molar-refractivity contribution in [2.45, 2.75) is 19.9 Å². The van der Waals surface area contributed by atoms with Crippen LogP contribution in [0.2, 0.25) is 0 Å². The minimum Gasteiger partial charge on any atom is -0.478 e. The molecule has 0 radical (unpaired) electrons. The quantitative estimate of drug-likeness (QED) is 0.701. The molecule has 0 N–H and O–H groups in total. The molecule has 1 aromatic rings. The number of hydrogen-bond acceptors (Lipinski definition) is 5. The van der Waals surface area contributed by atoms with E-state index in [0.29, 0.717) is 25.6 Å². The molecule has 2 rings (SSSR count). The standard InChI is InChI=1S/C11H14N4O/c1-2-16-11-9-7-15(6-4-12)5-3-10(9)13-8-14-11/h8H,2-3,5-7H2,1H3. The van der Waals surface area contributed by atoms with Crippen LogP contribution in [0.3, 0.4) is 0 Å². The molecule has 0 aliphatic carbocycles. The molecule has 0 unspecified atom stereocenters. The molecule has 1 aliphatic rings. The molecule has 0 amide bonds. The Morgan fingerprint density at radius 2 is 2.44 bits per heavy atom. The molecule has 0 fully saturated rings. The van der Waals surface area contributed by atoms with E-state index in [1.54, 1.807) is 6.33 Å². The van der Waals surface area contributed by atoms with E-state index >= 15 is 0 Å². The summed E-state index contributed by atoms with van der Waals surface area (Å²) in [5.74, 6) is 0.662. The lowest BCUT2D eigenvalue weighted by Crippen LogP contribution is -2.32. The Bertz CT molecular complexity index is 413. The van der Waals surface area contributed by atoms with Gasteiger partial charge >= 0.3 is 0 Å². The van der Waals surface area contributed by atoms with Crippen LogP contribution >= 0.6 is 0 Å². The first-order valence-corrected chi connectivity index (χ1v) is 5.40. The van der Waals surface area contributed by atoms with Crippen LogP contribution in [-0.4, -0.2) is 34.6 Å². The molecule has 1 aliphatic heterocycles. The number of fused-ring (bicyclic) bond motifs is 1. The summed E-state index contributed by atoms with van der Waals surface area (Å²) in [6.45, 7) is 4.56. The molecule has 0 spiro atoms. The van der Waals surface area contributed by atoms with Crippen molar-refractivity contribution in [2.24, 2.45) is 0 Å². The van der Waals surface area contributed by atoms with Crippen LogP contribution in [0.25, 0.3) is 0 Å². The van der Waals surface area contributed by atoms with Crippen molar-refractivity contribution in [3.8, 4) is 11.9 Å². The molecule has 1 aromatic heterocycles. The minimum absolute atomic E-state index is 0.444. The topological polar surface area (TPSA) is 62.0 Å². The third kappa shape index (κ3) is 2.12. The van der Waals surface area contributed by atoms with Crippen molar-refractivity contribution in [3.05, 3.63) is 17.6 Å². The fourth-order valence-corrected chi connectivity index (χ4v) is 1.87. The van der Waals surface area contributed by atoms with Crippen LogP contribution in [0.5, 0.6) is 5.88 Å². The highest BCUT2D eigenvalue weighted by atomic mass is 16.5. The van der Waals surface area contributed by atoms with E-state index in [0.717, 1.165) is 24.2 Å². The normalized spacial score (nSPS) is 15.2. The van der Waals surface area contributed by atoms with Crippen LogP contribution in [0.4, 0.5) is 0 Å². The summed E-state index contributed by atoms with van der Waals surface area (Å²) >= 11 is 0. The van der Waals surface area contributed by atoms with Gasteiger partial charge in [-0.3, -0.25) is 4.90 Å². The first-order valence-electron chi connectivity index (χ1n) is 5.40. The van der Waals surface area contributed by atoms with Gasteiger partial charge in [-0.05, 0) is 6.92 Å². The largest absolute Gasteiger partial charge is 0.478 e. The van der Waals surface area contributed by atoms with E-state index in [4.69, 9.17) is 10.00 Å². The highest BCUT2D eigenvalue weighted by Crippen LogP contribution is 2.24. The molecule has 5 nitrogen and oxygen atoms in total. The van der Waals surface area contributed by atoms with E-state index < -0.39 is 0 Å². The van der Waals surface area contributed by atoms with Gasteiger partial charge in [0.25, 0.3) is 0 Å². The second-order valence-electron chi connectivity index (χ2n) is 3.66. The highest BCUT2D eigenvalue weighted by Gasteiger charge is 2.21. The average molecular weight is 218 g/mol. The molecular formula is C11H14N4O. The van der Waals surface area contributed by atoms with Gasteiger partial charge in [0.05, 0.1) is 24.9 Å². The summed E-state index contributed by atoms with van der Waals surface area (Å²) in [5.41, 5.74) is 2.08. The molecule has 0 atom stereocenters. The SMILES string of the molecule is CCOc1ncnc2c1CN(CC#N)CC2. The average Bonchev–Trinajstić information content (AvgIpc) is 2.31. The van der Waals surface area contributed by atoms with Gasteiger partial charge in [-0.15, -0.1) is 0 Å². The van der Waals surface area contributed by atoms with Gasteiger partial charge in [-0.1, -0.05) is 0 Å². The second-order valence-corrected chi connectivity index (χ2v) is 3.66. The van der Waals surface area contributed by atoms with Crippen molar-refractivity contribution in [2.75, 3.05) is 19.7 Å². The zero-order chi connectivity index (χ0) is 11.4. The summed E-state index contributed by atoms with van der Waals surface area (Å²) in [7, 11) is 0. The van der Waals surface area contributed by atoms with E-state index in [-0.39, 0.29) is 0 Å². The Morgan fingerprint density at radius 1 is 1.56 bits per heavy atom. The number of nitrogens with zero attached hydrogens (tertiary/aromatic N) is 4. The lowest BCUT2D eigenvalue weighted by atomic mass is 10.1. The summed E-state index contributed by atoms with van der Waals surface area (Å²) in [6, 6.07) is 2.16. The van der Waals surface area contributed by atoms with Crippen molar-refractivity contribution in [1.82, 2.24) is 14.9 Å². The Labute approximate surface area is 94.7 Å². The fourth-order valence-electron chi connectivity index (χ4n) is 1.87. The number of ether oxygens (including phenoxy) is 1. The maximum absolute atomic E-state index is 8.68. The summed E-state index contributed by atoms with van der Waals surface area (Å²) in [4.78, 5) is 10.5. The Kier molecular flexibility index (Phi) is 3.32. The van der Waals surface area contributed by atoms with Gasteiger partial charge < -0.3 is 4.74 Å². The van der Waals surface area contributed by atoms with E-state index in [1.807, 2.05) is 6.92 Å². The molecular weight excluding hydrogens is 204 g/mol. The predicted molar refractivity (Wildman–Crippen MR) is 57.8 cm³/mol.